The number of ether oxygens (including phenoxy) is 1. The molecule has 112 valence electrons. The van der Waals surface area contributed by atoms with E-state index in [0.717, 1.165) is 6.42 Å². The molecule has 0 bridgehead atoms. The second-order valence-corrected chi connectivity index (χ2v) is 6.25. The van der Waals surface area contributed by atoms with Crippen molar-refractivity contribution in [2.75, 3.05) is 26.3 Å². The van der Waals surface area contributed by atoms with Gasteiger partial charge in [0, 0.05) is 17.8 Å². The van der Waals surface area contributed by atoms with Gasteiger partial charge in [0.1, 0.15) is 6.61 Å². The summed E-state index contributed by atoms with van der Waals surface area (Å²) < 4.78 is 6.78. The average Bonchev–Trinajstić information content (AvgIpc) is 3.10. The van der Waals surface area contributed by atoms with E-state index in [1.165, 1.54) is 15.6 Å². The van der Waals surface area contributed by atoms with E-state index in [0.29, 0.717) is 26.1 Å². The van der Waals surface area contributed by atoms with E-state index in [-0.39, 0.29) is 18.6 Å². The third-order valence-electron chi connectivity index (χ3n) is 3.82. The molecule has 3 rings (SSSR count). The summed E-state index contributed by atoms with van der Waals surface area (Å²) in [6.45, 7) is 1.73. The minimum Gasteiger partial charge on any atom is -0.391 e. The highest BCUT2D eigenvalue weighted by Crippen LogP contribution is 2.25. The van der Waals surface area contributed by atoms with E-state index in [4.69, 9.17) is 4.74 Å². The summed E-state index contributed by atoms with van der Waals surface area (Å²) in [4.78, 5) is 13.5. The summed E-state index contributed by atoms with van der Waals surface area (Å²) in [5.74, 6) is -0.0262. The summed E-state index contributed by atoms with van der Waals surface area (Å²) in [5, 5.41) is 12.8. The summed E-state index contributed by atoms with van der Waals surface area (Å²) >= 11 is 1.74. The molecule has 1 atom stereocenters. The fraction of sp³-hybridized carbons (Fsp3) is 0.438. The van der Waals surface area contributed by atoms with Gasteiger partial charge in [0.2, 0.25) is 5.91 Å². The molecule has 2 heterocycles. The predicted molar refractivity (Wildman–Crippen MR) is 83.6 cm³/mol. The number of aliphatic hydroxyl groups excluding tert-OH is 1. The van der Waals surface area contributed by atoms with Crippen molar-refractivity contribution in [3.63, 3.8) is 0 Å². The SMILES string of the molecule is O=C(COCCc1csc2ccccc12)N1CCC(O)C1. The van der Waals surface area contributed by atoms with Crippen LogP contribution in [0.3, 0.4) is 0 Å². The molecule has 1 aliphatic rings. The Hall–Kier alpha value is -1.43. The summed E-state index contributed by atoms with van der Waals surface area (Å²) in [5.41, 5.74) is 1.28. The second kappa shape index (κ2) is 6.56. The Labute approximate surface area is 127 Å². The highest BCUT2D eigenvalue weighted by molar-refractivity contribution is 7.17. The molecular weight excluding hydrogens is 286 g/mol. The maximum absolute atomic E-state index is 11.9. The van der Waals surface area contributed by atoms with Crippen LogP contribution < -0.4 is 0 Å². The van der Waals surface area contributed by atoms with Gasteiger partial charge in [-0.05, 0) is 35.2 Å². The van der Waals surface area contributed by atoms with Crippen LogP contribution in [-0.2, 0) is 16.0 Å². The first-order valence-corrected chi connectivity index (χ1v) is 8.10. The first-order valence-electron chi connectivity index (χ1n) is 7.23. The first kappa shape index (κ1) is 14.5. The van der Waals surface area contributed by atoms with Crippen LogP contribution in [0.25, 0.3) is 10.1 Å². The molecular formula is C16H19NO3S. The van der Waals surface area contributed by atoms with Crippen LogP contribution in [0.4, 0.5) is 0 Å². The molecule has 0 spiro atoms. The highest BCUT2D eigenvalue weighted by Gasteiger charge is 2.24. The number of fused-ring (bicyclic) bond motifs is 1. The molecule has 1 saturated heterocycles. The van der Waals surface area contributed by atoms with Crippen LogP contribution in [0, 0.1) is 0 Å². The number of β-amino-alcohol motifs (C(OH)–C–C–N with tert-alkyl or cyclic N) is 1. The van der Waals surface area contributed by atoms with Gasteiger partial charge in [-0.1, -0.05) is 18.2 Å². The summed E-state index contributed by atoms with van der Waals surface area (Å²) in [7, 11) is 0. The first-order chi connectivity index (χ1) is 10.2. The van der Waals surface area contributed by atoms with Gasteiger partial charge < -0.3 is 14.7 Å². The van der Waals surface area contributed by atoms with E-state index in [1.54, 1.807) is 16.2 Å². The lowest BCUT2D eigenvalue weighted by molar-refractivity contribution is -0.135. The number of rotatable bonds is 5. The van der Waals surface area contributed by atoms with E-state index < -0.39 is 0 Å². The monoisotopic (exact) mass is 305 g/mol. The van der Waals surface area contributed by atoms with Gasteiger partial charge in [-0.15, -0.1) is 11.3 Å². The van der Waals surface area contributed by atoms with Crippen molar-refractivity contribution in [3.05, 3.63) is 35.2 Å². The molecule has 1 aromatic carbocycles. The van der Waals surface area contributed by atoms with Gasteiger partial charge in [-0.2, -0.15) is 0 Å². The number of nitrogens with zero attached hydrogens (tertiary/aromatic N) is 1. The minimum atomic E-state index is -0.369. The molecule has 1 N–H and O–H groups in total. The van der Waals surface area contributed by atoms with Crippen molar-refractivity contribution >= 4 is 27.3 Å². The number of thiophene rings is 1. The molecule has 0 radical (unpaired) electrons. The Morgan fingerprint density at radius 1 is 1.43 bits per heavy atom. The number of carbonyl (C=O) groups excluding carboxylic acids is 1. The topological polar surface area (TPSA) is 49.8 Å². The van der Waals surface area contributed by atoms with Crippen LogP contribution >= 0.6 is 11.3 Å². The lowest BCUT2D eigenvalue weighted by Gasteiger charge is -2.15. The van der Waals surface area contributed by atoms with E-state index in [9.17, 15) is 9.90 Å². The molecule has 1 unspecified atom stereocenters. The fourth-order valence-electron chi connectivity index (χ4n) is 2.63. The Bertz CT molecular complexity index is 625. The zero-order valence-electron chi connectivity index (χ0n) is 11.8. The summed E-state index contributed by atoms with van der Waals surface area (Å²) in [6.07, 6.45) is 1.12. The molecule has 4 nitrogen and oxygen atoms in total. The van der Waals surface area contributed by atoms with Crippen LogP contribution in [-0.4, -0.2) is 48.3 Å². The molecule has 2 aromatic rings. The van der Waals surface area contributed by atoms with Gasteiger partial charge in [0.05, 0.1) is 12.7 Å². The van der Waals surface area contributed by atoms with Crippen molar-refractivity contribution in [1.29, 1.82) is 0 Å². The lowest BCUT2D eigenvalue weighted by atomic mass is 10.1. The second-order valence-electron chi connectivity index (χ2n) is 5.34. The minimum absolute atomic E-state index is 0.0262. The third-order valence-corrected chi connectivity index (χ3v) is 4.83. The van der Waals surface area contributed by atoms with Crippen LogP contribution in [0.5, 0.6) is 0 Å². The van der Waals surface area contributed by atoms with Gasteiger partial charge in [-0.3, -0.25) is 4.79 Å². The number of likely N-dealkylation sites (tertiary alicyclic amines) is 1. The van der Waals surface area contributed by atoms with E-state index in [2.05, 4.69) is 17.5 Å². The van der Waals surface area contributed by atoms with Crippen LogP contribution in [0.15, 0.2) is 29.6 Å². The Morgan fingerprint density at radius 3 is 3.10 bits per heavy atom. The van der Waals surface area contributed by atoms with Gasteiger partial charge >= 0.3 is 0 Å². The van der Waals surface area contributed by atoms with Crippen molar-refractivity contribution in [1.82, 2.24) is 4.90 Å². The Morgan fingerprint density at radius 2 is 2.29 bits per heavy atom. The predicted octanol–water partition coefficient (Wildman–Crippen LogP) is 2.05. The number of hydrogen-bond acceptors (Lipinski definition) is 4. The van der Waals surface area contributed by atoms with Gasteiger partial charge in [0.25, 0.3) is 0 Å². The smallest absolute Gasteiger partial charge is 0.248 e. The molecule has 21 heavy (non-hydrogen) atoms. The Balaban J connectivity index is 1.45. The number of hydrogen-bond donors (Lipinski definition) is 1. The number of carbonyl (C=O) groups is 1. The van der Waals surface area contributed by atoms with E-state index >= 15 is 0 Å². The quantitative estimate of drug-likeness (QED) is 0.860. The zero-order valence-corrected chi connectivity index (χ0v) is 12.6. The maximum Gasteiger partial charge on any atom is 0.248 e. The average molecular weight is 305 g/mol. The van der Waals surface area contributed by atoms with Gasteiger partial charge in [-0.25, -0.2) is 0 Å². The molecule has 1 fully saturated rings. The third kappa shape index (κ3) is 3.43. The lowest BCUT2D eigenvalue weighted by Crippen LogP contribution is -2.32. The van der Waals surface area contributed by atoms with Crippen molar-refractivity contribution in [2.24, 2.45) is 0 Å². The van der Waals surface area contributed by atoms with Crippen molar-refractivity contribution < 1.29 is 14.6 Å². The molecule has 1 aliphatic heterocycles. The van der Waals surface area contributed by atoms with Crippen molar-refractivity contribution in [3.8, 4) is 0 Å². The molecule has 1 aromatic heterocycles. The number of aliphatic hydroxyl groups is 1. The zero-order chi connectivity index (χ0) is 14.7. The largest absolute Gasteiger partial charge is 0.391 e. The standard InChI is InChI=1S/C16H19NO3S/c18-13-5-7-17(9-13)16(19)10-20-8-6-12-11-21-15-4-2-1-3-14(12)15/h1-4,11,13,18H,5-10H2. The Kier molecular flexibility index (Phi) is 4.53. The molecule has 0 saturated carbocycles. The maximum atomic E-state index is 11.9. The number of amides is 1. The summed E-state index contributed by atoms with van der Waals surface area (Å²) in [6, 6.07) is 8.33. The molecule has 5 heteroatoms. The van der Waals surface area contributed by atoms with Gasteiger partial charge in [0.15, 0.2) is 0 Å². The van der Waals surface area contributed by atoms with Crippen LogP contribution in [0.1, 0.15) is 12.0 Å². The van der Waals surface area contributed by atoms with Crippen molar-refractivity contribution in [2.45, 2.75) is 18.9 Å². The number of benzene rings is 1. The molecule has 0 aliphatic carbocycles. The normalized spacial score (nSPS) is 18.5. The van der Waals surface area contributed by atoms with Crippen LogP contribution in [0.2, 0.25) is 0 Å². The fourth-order valence-corrected chi connectivity index (χ4v) is 3.62. The highest BCUT2D eigenvalue weighted by atomic mass is 32.1. The molecule has 1 amide bonds. The van der Waals surface area contributed by atoms with E-state index in [1.807, 2.05) is 12.1 Å².